The molecule has 1 aromatic carbocycles. The second-order valence-corrected chi connectivity index (χ2v) is 7.82. The summed E-state index contributed by atoms with van der Waals surface area (Å²) in [5.41, 5.74) is 0.946. The average molecular weight is 336 g/mol. The topological polar surface area (TPSA) is 52.8 Å². The van der Waals surface area contributed by atoms with Gasteiger partial charge in [-0.2, -0.15) is 5.10 Å². The zero-order valence-electron chi connectivity index (χ0n) is 15.2. The third-order valence-electron chi connectivity index (χ3n) is 4.61. The number of aromatic nitrogens is 4. The summed E-state index contributed by atoms with van der Waals surface area (Å²) in [5, 5.41) is 6.93. The van der Waals surface area contributed by atoms with Gasteiger partial charge in [-0.3, -0.25) is 4.98 Å². The predicted octanol–water partition coefficient (Wildman–Crippen LogP) is 4.19. The summed E-state index contributed by atoms with van der Waals surface area (Å²) in [6.45, 7) is 8.27. The molecule has 0 atom stereocenters. The molecule has 2 aromatic heterocycles. The lowest BCUT2D eigenvalue weighted by molar-refractivity contribution is -0.100. The molecule has 0 unspecified atom stereocenters. The van der Waals surface area contributed by atoms with Crippen molar-refractivity contribution in [1.82, 2.24) is 19.7 Å². The Morgan fingerprint density at radius 1 is 1.16 bits per heavy atom. The molecule has 0 amide bonds. The zero-order valence-corrected chi connectivity index (χ0v) is 15.2. The number of rotatable bonds is 3. The summed E-state index contributed by atoms with van der Waals surface area (Å²) in [6.07, 6.45) is 6.03. The minimum atomic E-state index is -0.0967. The van der Waals surface area contributed by atoms with Gasteiger partial charge in [0, 0.05) is 23.7 Å². The van der Waals surface area contributed by atoms with Crippen LogP contribution in [0.25, 0.3) is 16.5 Å². The molecule has 3 aromatic rings. The Kier molecular flexibility index (Phi) is 3.84. The van der Waals surface area contributed by atoms with Crippen LogP contribution in [0, 0.1) is 6.92 Å². The Morgan fingerprint density at radius 3 is 2.72 bits per heavy atom. The van der Waals surface area contributed by atoms with Gasteiger partial charge in [0.25, 0.3) is 0 Å². The molecule has 130 valence electrons. The van der Waals surface area contributed by atoms with Crippen LogP contribution in [-0.4, -0.2) is 31.5 Å². The van der Waals surface area contributed by atoms with Crippen LogP contribution in [0.5, 0.6) is 0 Å². The Labute approximate surface area is 148 Å². The third-order valence-corrected chi connectivity index (χ3v) is 4.61. The van der Waals surface area contributed by atoms with E-state index in [1.807, 2.05) is 30.1 Å². The molecule has 0 N–H and O–H groups in total. The number of hydrogen-bond donors (Lipinski definition) is 0. The van der Waals surface area contributed by atoms with Crippen molar-refractivity contribution in [3.63, 3.8) is 0 Å². The van der Waals surface area contributed by atoms with Crippen LogP contribution >= 0.6 is 0 Å². The Balaban J connectivity index is 1.67. The van der Waals surface area contributed by atoms with Crippen LogP contribution in [-0.2, 0) is 4.74 Å². The average Bonchev–Trinajstić information content (AvgIpc) is 2.90. The number of benzene rings is 1. The zero-order chi connectivity index (χ0) is 17.6. The number of aryl methyl sites for hydroxylation is 1. The van der Waals surface area contributed by atoms with Crippen LogP contribution < -0.4 is 0 Å². The van der Waals surface area contributed by atoms with E-state index in [1.54, 1.807) is 0 Å². The first kappa shape index (κ1) is 16.2. The van der Waals surface area contributed by atoms with Gasteiger partial charge in [0.1, 0.15) is 11.6 Å². The first-order valence-electron chi connectivity index (χ1n) is 8.85. The standard InChI is InChI=1S/C20H24N4O/c1-13-22-19(15-10-16(11-15)25-20(2,3)4)24(23-13)18-7-5-6-14-8-9-21-12-17(14)18/h5-9,12,15-16H,10-11H2,1-4H3. The molecule has 0 aliphatic heterocycles. The van der Waals surface area contributed by atoms with E-state index in [-0.39, 0.29) is 5.60 Å². The van der Waals surface area contributed by atoms with Gasteiger partial charge < -0.3 is 4.74 Å². The fourth-order valence-corrected chi connectivity index (χ4v) is 3.53. The van der Waals surface area contributed by atoms with E-state index in [0.717, 1.165) is 41.0 Å². The number of ether oxygens (including phenoxy) is 1. The SMILES string of the molecule is Cc1nc(C2CC(OC(C)(C)C)C2)n(-c2cccc3ccncc23)n1. The van der Waals surface area contributed by atoms with Gasteiger partial charge in [-0.15, -0.1) is 0 Å². The van der Waals surface area contributed by atoms with Gasteiger partial charge in [0.2, 0.25) is 0 Å². The monoisotopic (exact) mass is 336 g/mol. The van der Waals surface area contributed by atoms with E-state index in [0.29, 0.717) is 12.0 Å². The molecule has 1 aliphatic rings. The van der Waals surface area contributed by atoms with Crippen molar-refractivity contribution >= 4 is 10.8 Å². The molecule has 1 fully saturated rings. The van der Waals surface area contributed by atoms with E-state index < -0.39 is 0 Å². The summed E-state index contributed by atoms with van der Waals surface area (Å²) in [7, 11) is 0. The van der Waals surface area contributed by atoms with E-state index in [1.165, 1.54) is 0 Å². The van der Waals surface area contributed by atoms with Crippen molar-refractivity contribution in [3.8, 4) is 5.69 Å². The van der Waals surface area contributed by atoms with Gasteiger partial charge in [-0.25, -0.2) is 9.67 Å². The number of pyridine rings is 1. The molecular weight excluding hydrogens is 312 g/mol. The maximum absolute atomic E-state index is 6.08. The summed E-state index contributed by atoms with van der Waals surface area (Å²) < 4.78 is 8.08. The van der Waals surface area contributed by atoms with E-state index >= 15 is 0 Å². The fourth-order valence-electron chi connectivity index (χ4n) is 3.53. The molecular formula is C20H24N4O. The highest BCUT2D eigenvalue weighted by Gasteiger charge is 2.37. The molecule has 0 spiro atoms. The quantitative estimate of drug-likeness (QED) is 0.720. The van der Waals surface area contributed by atoms with Crippen molar-refractivity contribution in [2.75, 3.05) is 0 Å². The normalized spacial score (nSPS) is 20.6. The van der Waals surface area contributed by atoms with Gasteiger partial charge in [0.15, 0.2) is 0 Å². The van der Waals surface area contributed by atoms with Gasteiger partial charge in [0.05, 0.1) is 17.4 Å². The summed E-state index contributed by atoms with van der Waals surface area (Å²) in [4.78, 5) is 9.01. The highest BCUT2D eigenvalue weighted by Crippen LogP contribution is 2.40. The lowest BCUT2D eigenvalue weighted by Crippen LogP contribution is -2.37. The highest BCUT2D eigenvalue weighted by molar-refractivity contribution is 5.89. The molecule has 0 saturated heterocycles. The molecule has 25 heavy (non-hydrogen) atoms. The molecule has 0 radical (unpaired) electrons. The smallest absolute Gasteiger partial charge is 0.148 e. The lowest BCUT2D eigenvalue weighted by atomic mass is 9.81. The van der Waals surface area contributed by atoms with Crippen molar-refractivity contribution in [3.05, 3.63) is 48.3 Å². The summed E-state index contributed by atoms with van der Waals surface area (Å²) in [6, 6.07) is 8.27. The van der Waals surface area contributed by atoms with Crippen molar-refractivity contribution < 1.29 is 4.74 Å². The largest absolute Gasteiger partial charge is 0.373 e. The molecule has 0 bridgehead atoms. The maximum Gasteiger partial charge on any atom is 0.148 e. The predicted molar refractivity (Wildman–Crippen MR) is 98.0 cm³/mol. The second-order valence-electron chi connectivity index (χ2n) is 7.82. The van der Waals surface area contributed by atoms with E-state index in [9.17, 15) is 0 Å². The van der Waals surface area contributed by atoms with Crippen LogP contribution in [0.3, 0.4) is 0 Å². The fraction of sp³-hybridized carbons (Fsp3) is 0.450. The van der Waals surface area contributed by atoms with Crippen molar-refractivity contribution in [2.24, 2.45) is 0 Å². The summed E-state index contributed by atoms with van der Waals surface area (Å²) in [5.74, 6) is 2.22. The van der Waals surface area contributed by atoms with Gasteiger partial charge >= 0.3 is 0 Å². The number of hydrogen-bond acceptors (Lipinski definition) is 4. The number of fused-ring (bicyclic) bond motifs is 1. The molecule has 1 saturated carbocycles. The van der Waals surface area contributed by atoms with Crippen molar-refractivity contribution in [2.45, 2.75) is 58.2 Å². The third kappa shape index (κ3) is 3.16. The van der Waals surface area contributed by atoms with Crippen LogP contribution in [0.15, 0.2) is 36.7 Å². The molecule has 5 heteroatoms. The minimum Gasteiger partial charge on any atom is -0.373 e. The van der Waals surface area contributed by atoms with E-state index in [4.69, 9.17) is 9.72 Å². The van der Waals surface area contributed by atoms with Crippen LogP contribution in [0.2, 0.25) is 0 Å². The number of nitrogens with zero attached hydrogens (tertiary/aromatic N) is 4. The van der Waals surface area contributed by atoms with Crippen molar-refractivity contribution in [1.29, 1.82) is 0 Å². The van der Waals surface area contributed by atoms with Gasteiger partial charge in [-0.05, 0) is 58.1 Å². The Morgan fingerprint density at radius 2 is 1.96 bits per heavy atom. The van der Waals surface area contributed by atoms with Gasteiger partial charge in [-0.1, -0.05) is 12.1 Å². The Hall–Kier alpha value is -2.27. The second kappa shape index (κ2) is 5.92. The lowest BCUT2D eigenvalue weighted by Gasteiger charge is -2.38. The first-order chi connectivity index (χ1) is 11.9. The molecule has 2 heterocycles. The molecule has 1 aliphatic carbocycles. The highest BCUT2D eigenvalue weighted by atomic mass is 16.5. The molecule has 5 nitrogen and oxygen atoms in total. The molecule has 4 rings (SSSR count). The maximum atomic E-state index is 6.08. The first-order valence-corrected chi connectivity index (χ1v) is 8.85. The van der Waals surface area contributed by atoms with Crippen LogP contribution in [0.1, 0.15) is 51.2 Å². The van der Waals surface area contributed by atoms with E-state index in [2.05, 4.69) is 49.1 Å². The minimum absolute atomic E-state index is 0.0967. The Bertz CT molecular complexity index is 898. The van der Waals surface area contributed by atoms with Crippen LogP contribution in [0.4, 0.5) is 0 Å². The summed E-state index contributed by atoms with van der Waals surface area (Å²) >= 11 is 0.